The molecule has 0 unspecified atom stereocenters. The van der Waals surface area contributed by atoms with Crippen LogP contribution >= 0.6 is 0 Å². The molecule has 218 valence electrons. The number of esters is 1. The van der Waals surface area contributed by atoms with Gasteiger partial charge in [-0.25, -0.2) is 0 Å². The first kappa shape index (κ1) is 26.9. The normalized spacial score (nSPS) is 57.2. The number of epoxide rings is 1. The minimum Gasteiger partial charge on any atom is -0.469 e. The Morgan fingerprint density at radius 3 is 2.28 bits per heavy atom. The highest BCUT2D eigenvalue weighted by Crippen LogP contribution is 2.78. The fourth-order valence-electron chi connectivity index (χ4n) is 13.2. The van der Waals surface area contributed by atoms with Gasteiger partial charge in [-0.3, -0.25) is 4.79 Å². The third-order valence-electron chi connectivity index (χ3n) is 15.4. The minimum atomic E-state index is -0.384. The van der Waals surface area contributed by atoms with E-state index in [1.54, 1.807) is 7.11 Å². The van der Waals surface area contributed by atoms with Crippen molar-refractivity contribution >= 4 is 5.97 Å². The van der Waals surface area contributed by atoms with Crippen LogP contribution in [0.4, 0.5) is 0 Å². The van der Waals surface area contributed by atoms with Crippen molar-refractivity contribution in [2.75, 3.05) is 20.3 Å². The quantitative estimate of drug-likeness (QED) is 0.323. The molecule has 5 saturated carbocycles. The van der Waals surface area contributed by atoms with Crippen LogP contribution in [0.25, 0.3) is 0 Å². The van der Waals surface area contributed by atoms with Gasteiger partial charge in [-0.15, -0.1) is 0 Å². The van der Waals surface area contributed by atoms with E-state index in [1.807, 2.05) is 0 Å². The number of hydrogen-bond acceptors (Lipinski definition) is 6. The fraction of sp³-hybridized carbons (Fsp3) is 0.970. The van der Waals surface area contributed by atoms with Crippen LogP contribution in [0.5, 0.6) is 0 Å². The molecule has 6 nitrogen and oxygen atoms in total. The summed E-state index contributed by atoms with van der Waals surface area (Å²) in [4.78, 5) is 13.8. The van der Waals surface area contributed by atoms with E-state index < -0.39 is 0 Å². The van der Waals surface area contributed by atoms with Crippen molar-refractivity contribution in [3.8, 4) is 0 Å². The van der Waals surface area contributed by atoms with Gasteiger partial charge in [0, 0.05) is 0 Å². The van der Waals surface area contributed by atoms with Crippen molar-refractivity contribution in [3.05, 3.63) is 0 Å². The molecule has 0 bridgehead atoms. The summed E-state index contributed by atoms with van der Waals surface area (Å²) in [5.74, 6) is 2.39. The first-order valence-corrected chi connectivity index (χ1v) is 16.2. The average molecular weight is 541 g/mol. The molecule has 6 fully saturated rings. The maximum Gasteiger partial charge on any atom is 0.312 e. The van der Waals surface area contributed by atoms with E-state index in [2.05, 4.69) is 39.7 Å². The van der Waals surface area contributed by atoms with Gasteiger partial charge >= 0.3 is 5.97 Å². The highest BCUT2D eigenvalue weighted by molar-refractivity contribution is 5.78. The highest BCUT2D eigenvalue weighted by atomic mass is 16.6. The third-order valence-corrected chi connectivity index (χ3v) is 15.4. The lowest BCUT2D eigenvalue weighted by Crippen LogP contribution is -2.67. The van der Waals surface area contributed by atoms with Gasteiger partial charge in [-0.1, -0.05) is 34.6 Å². The van der Waals surface area contributed by atoms with E-state index in [4.69, 9.17) is 14.6 Å². The number of rotatable bonds is 3. The zero-order chi connectivity index (χ0) is 27.6. The summed E-state index contributed by atoms with van der Waals surface area (Å²) in [7, 11) is 1.60. The molecular formula is C33H52N2O4. The first-order chi connectivity index (χ1) is 18.4. The predicted molar refractivity (Wildman–Crippen MR) is 149 cm³/mol. The Bertz CT molecular complexity index is 1070. The molecule has 0 amide bonds. The predicted octanol–water partition coefficient (Wildman–Crippen LogP) is 6.60. The number of aliphatic hydroxyl groups is 1. The van der Waals surface area contributed by atoms with Crippen molar-refractivity contribution in [2.45, 2.75) is 123 Å². The molecule has 2 heterocycles. The molecule has 0 radical (unpaired) electrons. The third kappa shape index (κ3) is 3.15. The minimum absolute atomic E-state index is 0.0284. The van der Waals surface area contributed by atoms with Gasteiger partial charge < -0.3 is 14.6 Å². The van der Waals surface area contributed by atoms with E-state index in [9.17, 15) is 9.90 Å². The zero-order valence-electron chi connectivity index (χ0n) is 25.3. The molecule has 0 aromatic carbocycles. The molecule has 12 atom stereocenters. The van der Waals surface area contributed by atoms with E-state index >= 15 is 0 Å². The summed E-state index contributed by atoms with van der Waals surface area (Å²) < 4.78 is 11.6. The molecule has 1 N–H and O–H groups in total. The van der Waals surface area contributed by atoms with Crippen LogP contribution < -0.4 is 0 Å². The van der Waals surface area contributed by atoms with Gasteiger partial charge in [0.05, 0.1) is 31.8 Å². The maximum absolute atomic E-state index is 13.8. The zero-order valence-corrected chi connectivity index (χ0v) is 25.3. The molecule has 0 aromatic heterocycles. The summed E-state index contributed by atoms with van der Waals surface area (Å²) in [6, 6.07) is 0. The van der Waals surface area contributed by atoms with Crippen LogP contribution in [0.1, 0.15) is 105 Å². The monoisotopic (exact) mass is 540 g/mol. The second-order valence-corrected chi connectivity index (χ2v) is 16.4. The van der Waals surface area contributed by atoms with Crippen molar-refractivity contribution in [1.29, 1.82) is 0 Å². The van der Waals surface area contributed by atoms with Gasteiger partial charge in [0.1, 0.15) is 11.6 Å². The molecule has 2 aliphatic heterocycles. The molecular weight excluding hydrogens is 488 g/mol. The lowest BCUT2D eigenvalue weighted by Gasteiger charge is -2.72. The van der Waals surface area contributed by atoms with Crippen LogP contribution in [0.2, 0.25) is 0 Å². The number of carbonyl (C=O) groups is 1. The van der Waals surface area contributed by atoms with Crippen molar-refractivity contribution < 1.29 is 19.4 Å². The summed E-state index contributed by atoms with van der Waals surface area (Å²) in [6.07, 6.45) is 11.9. The standard InChI is InChI=1S/C33H52N2O4/c1-28(2)22-10-13-31(5)23(29(22,3)12-11-24(28)36)8-7-20-26-21(33(25-19-39-25)17-18-34-35-33)9-14-32(26,27(37)38-6)16-15-30(20,31)4/h20-26,36H,7-19H2,1-6H3/t20-,21-,22+,23-,24+,25+,26+,29+,30-,31-,32+,33+/m1/s1. The van der Waals surface area contributed by atoms with E-state index in [-0.39, 0.29) is 56.7 Å². The number of azo groups is 1. The van der Waals surface area contributed by atoms with Gasteiger partial charge in [0.2, 0.25) is 0 Å². The second-order valence-electron chi connectivity index (χ2n) is 16.4. The summed E-state index contributed by atoms with van der Waals surface area (Å²) in [5, 5.41) is 20.6. The molecule has 0 spiro atoms. The van der Waals surface area contributed by atoms with Crippen LogP contribution in [0.15, 0.2) is 10.2 Å². The Kier molecular flexibility index (Phi) is 5.71. The van der Waals surface area contributed by atoms with Gasteiger partial charge in [0.15, 0.2) is 0 Å². The fourth-order valence-corrected chi connectivity index (χ4v) is 13.2. The van der Waals surface area contributed by atoms with Crippen LogP contribution in [-0.4, -0.2) is 49.1 Å². The van der Waals surface area contributed by atoms with Crippen LogP contribution in [0, 0.1) is 56.7 Å². The number of ether oxygens (including phenoxy) is 2. The first-order valence-electron chi connectivity index (χ1n) is 16.2. The van der Waals surface area contributed by atoms with Gasteiger partial charge in [-0.2, -0.15) is 10.2 Å². The van der Waals surface area contributed by atoms with Gasteiger partial charge in [-0.05, 0) is 122 Å². The molecule has 0 aromatic rings. The largest absolute Gasteiger partial charge is 0.469 e. The van der Waals surface area contributed by atoms with E-state index in [1.165, 1.54) is 25.7 Å². The number of aliphatic hydroxyl groups excluding tert-OH is 1. The Morgan fingerprint density at radius 1 is 0.846 bits per heavy atom. The summed E-state index contributed by atoms with van der Waals surface area (Å²) in [6.45, 7) is 14.1. The smallest absolute Gasteiger partial charge is 0.312 e. The Balaban J connectivity index is 1.30. The van der Waals surface area contributed by atoms with Gasteiger partial charge in [0.25, 0.3) is 0 Å². The SMILES string of the molecule is COC(=O)[C@]12CC[C@@H]([C@]3([C@@H]4CO4)CCN=N3)[C@@H]1[C@H]1CC[C@@H]3[C@@]4(C)CC[C@H](O)C(C)(C)[C@@H]4CC[C@@]3(C)[C@]1(C)CC2. The number of carbonyl (C=O) groups excluding carboxylic acids is 1. The van der Waals surface area contributed by atoms with Crippen molar-refractivity contribution in [2.24, 2.45) is 66.9 Å². The number of nitrogens with zero attached hydrogens (tertiary/aromatic N) is 2. The number of hydrogen-bond donors (Lipinski definition) is 1. The molecule has 7 aliphatic rings. The van der Waals surface area contributed by atoms with E-state index in [0.29, 0.717) is 23.7 Å². The maximum atomic E-state index is 13.8. The average Bonchev–Trinajstić information content (AvgIpc) is 3.51. The Morgan fingerprint density at radius 2 is 1.62 bits per heavy atom. The molecule has 1 saturated heterocycles. The summed E-state index contributed by atoms with van der Waals surface area (Å²) in [5.41, 5.74) is 0.0117. The highest BCUT2D eigenvalue weighted by Gasteiger charge is 2.74. The van der Waals surface area contributed by atoms with Crippen molar-refractivity contribution in [1.82, 2.24) is 0 Å². The number of methoxy groups -OCH3 is 1. The second kappa shape index (κ2) is 8.30. The molecule has 5 aliphatic carbocycles. The van der Waals surface area contributed by atoms with E-state index in [0.717, 1.165) is 58.1 Å². The summed E-state index contributed by atoms with van der Waals surface area (Å²) >= 11 is 0. The van der Waals surface area contributed by atoms with Crippen LogP contribution in [0.3, 0.4) is 0 Å². The lowest BCUT2D eigenvalue weighted by molar-refractivity contribution is -0.250. The molecule has 6 heteroatoms. The number of fused-ring (bicyclic) bond motifs is 7. The molecule has 7 rings (SSSR count). The molecule has 39 heavy (non-hydrogen) atoms. The topological polar surface area (TPSA) is 83.8 Å². The Hall–Kier alpha value is -1.01. The lowest BCUT2D eigenvalue weighted by atomic mass is 9.32. The Labute approximate surface area is 235 Å². The van der Waals surface area contributed by atoms with Crippen molar-refractivity contribution in [3.63, 3.8) is 0 Å². The van der Waals surface area contributed by atoms with Crippen LogP contribution in [-0.2, 0) is 14.3 Å².